The minimum Gasteiger partial charge on any atom is -0.336 e. The normalized spacial score (nSPS) is 20.0. The molecule has 1 fully saturated rings. The maximum atomic E-state index is 12.8. The zero-order valence-corrected chi connectivity index (χ0v) is 13.6. The Kier molecular flexibility index (Phi) is 3.99. The molecule has 0 aliphatic carbocycles. The van der Waals surface area contributed by atoms with Gasteiger partial charge in [0.15, 0.2) is 0 Å². The number of rotatable bonds is 3. The number of carbonyl (C=O) groups excluding carboxylic acids is 1. The molecule has 25 heavy (non-hydrogen) atoms. The maximum Gasteiger partial charge on any atom is 0.253 e. The Balaban J connectivity index is 1.50. The number of hydrogen-bond acceptors (Lipinski definition) is 5. The van der Waals surface area contributed by atoms with Crippen molar-refractivity contribution in [1.82, 2.24) is 25.1 Å². The van der Waals surface area contributed by atoms with Gasteiger partial charge in [-0.15, -0.1) is 5.10 Å². The van der Waals surface area contributed by atoms with Crippen LogP contribution in [0, 0.1) is 0 Å². The van der Waals surface area contributed by atoms with Crippen molar-refractivity contribution in [2.75, 3.05) is 13.1 Å². The van der Waals surface area contributed by atoms with Crippen molar-refractivity contribution in [2.45, 2.75) is 12.0 Å². The van der Waals surface area contributed by atoms with E-state index in [0.29, 0.717) is 18.7 Å². The van der Waals surface area contributed by atoms with Crippen molar-refractivity contribution in [3.63, 3.8) is 0 Å². The van der Waals surface area contributed by atoms with Crippen LogP contribution in [0.5, 0.6) is 0 Å². The predicted molar refractivity (Wildman–Crippen MR) is 92.2 cm³/mol. The van der Waals surface area contributed by atoms with Gasteiger partial charge in [0.05, 0.1) is 5.69 Å². The van der Waals surface area contributed by atoms with Gasteiger partial charge in [0.25, 0.3) is 5.91 Å². The molecule has 126 valence electrons. The van der Waals surface area contributed by atoms with Crippen LogP contribution in [0.4, 0.5) is 0 Å². The summed E-state index contributed by atoms with van der Waals surface area (Å²) in [5.74, 6) is 0.169. The van der Waals surface area contributed by atoms with Crippen LogP contribution in [0.25, 0.3) is 5.69 Å². The van der Waals surface area contributed by atoms with E-state index in [1.165, 1.54) is 11.9 Å². The zero-order valence-electron chi connectivity index (χ0n) is 13.6. The van der Waals surface area contributed by atoms with Crippen molar-refractivity contribution in [3.8, 4) is 5.69 Å². The van der Waals surface area contributed by atoms with E-state index in [-0.39, 0.29) is 17.9 Å². The number of hydrogen-bond donors (Lipinski definition) is 1. The first-order chi connectivity index (χ1) is 12.2. The molecule has 0 saturated carbocycles. The number of tetrazole rings is 1. The highest BCUT2D eigenvalue weighted by Crippen LogP contribution is 2.27. The van der Waals surface area contributed by atoms with Crippen molar-refractivity contribution >= 4 is 5.91 Å². The minimum atomic E-state index is -0.0492. The first-order valence-corrected chi connectivity index (χ1v) is 8.15. The topological polar surface area (TPSA) is 89.9 Å². The molecule has 4 rings (SSSR count). The lowest BCUT2D eigenvalue weighted by atomic mass is 9.95. The highest BCUT2D eigenvalue weighted by atomic mass is 16.2. The second-order valence-corrected chi connectivity index (χ2v) is 6.19. The highest BCUT2D eigenvalue weighted by Gasteiger charge is 2.34. The van der Waals surface area contributed by atoms with Gasteiger partial charge in [-0.1, -0.05) is 30.3 Å². The van der Waals surface area contributed by atoms with Gasteiger partial charge in [0.2, 0.25) is 0 Å². The van der Waals surface area contributed by atoms with Crippen LogP contribution >= 0.6 is 0 Å². The summed E-state index contributed by atoms with van der Waals surface area (Å²) in [5, 5.41) is 11.1. The third-order valence-electron chi connectivity index (χ3n) is 4.61. The first kappa shape index (κ1) is 15.5. The fourth-order valence-corrected chi connectivity index (χ4v) is 3.27. The highest BCUT2D eigenvalue weighted by molar-refractivity contribution is 5.94. The molecule has 1 aromatic heterocycles. The molecule has 2 N–H and O–H groups in total. The monoisotopic (exact) mass is 334 g/mol. The lowest BCUT2D eigenvalue weighted by Crippen LogP contribution is -2.32. The first-order valence-electron chi connectivity index (χ1n) is 8.15. The Bertz CT molecular complexity index is 847. The molecule has 0 spiro atoms. The van der Waals surface area contributed by atoms with Crippen LogP contribution in [0.3, 0.4) is 0 Å². The second-order valence-electron chi connectivity index (χ2n) is 6.19. The van der Waals surface area contributed by atoms with E-state index in [1.54, 1.807) is 16.8 Å². The predicted octanol–water partition coefficient (Wildman–Crippen LogP) is 1.23. The lowest BCUT2D eigenvalue weighted by molar-refractivity contribution is 0.0789. The van der Waals surface area contributed by atoms with Gasteiger partial charge in [0.1, 0.15) is 6.33 Å². The Morgan fingerprint density at radius 2 is 1.80 bits per heavy atom. The van der Waals surface area contributed by atoms with Crippen LogP contribution in [-0.2, 0) is 0 Å². The quantitative estimate of drug-likeness (QED) is 0.778. The summed E-state index contributed by atoms with van der Waals surface area (Å²) in [6.07, 6.45) is 1.51. The summed E-state index contributed by atoms with van der Waals surface area (Å²) >= 11 is 0. The Morgan fingerprint density at radius 3 is 2.48 bits per heavy atom. The number of nitrogens with two attached hydrogens (primary N) is 1. The van der Waals surface area contributed by atoms with E-state index in [9.17, 15) is 4.79 Å². The largest absolute Gasteiger partial charge is 0.336 e. The van der Waals surface area contributed by atoms with Crippen LogP contribution in [0.15, 0.2) is 60.9 Å². The Morgan fingerprint density at radius 1 is 1.04 bits per heavy atom. The summed E-state index contributed by atoms with van der Waals surface area (Å²) in [4.78, 5) is 14.6. The van der Waals surface area contributed by atoms with Crippen molar-refractivity contribution in [3.05, 3.63) is 72.1 Å². The SMILES string of the molecule is N[C@@H]1CN(C(=O)c2ccc(-n3cnnn3)cc2)C[C@H]1c1ccccc1. The van der Waals surface area contributed by atoms with Gasteiger partial charge in [0, 0.05) is 30.6 Å². The molecule has 0 bridgehead atoms. The maximum absolute atomic E-state index is 12.8. The standard InChI is InChI=1S/C18H18N6O/c19-17-11-23(10-16(17)13-4-2-1-3-5-13)18(25)14-6-8-15(9-7-14)24-12-20-21-22-24/h1-9,12,16-17H,10-11,19H2/t16-,17+/m0/s1. The summed E-state index contributed by atoms with van der Waals surface area (Å²) in [6.45, 7) is 1.20. The Labute approximate surface area is 145 Å². The lowest BCUT2D eigenvalue weighted by Gasteiger charge is -2.16. The molecule has 2 atom stereocenters. The average Bonchev–Trinajstić information content (AvgIpc) is 3.32. The summed E-state index contributed by atoms with van der Waals surface area (Å²) in [7, 11) is 0. The zero-order chi connectivity index (χ0) is 17.2. The van der Waals surface area contributed by atoms with E-state index in [0.717, 1.165) is 5.69 Å². The molecular weight excluding hydrogens is 316 g/mol. The number of benzene rings is 2. The molecule has 7 heteroatoms. The molecule has 2 heterocycles. The van der Waals surface area contributed by atoms with E-state index in [2.05, 4.69) is 27.7 Å². The van der Waals surface area contributed by atoms with Crippen LogP contribution in [-0.4, -0.2) is 50.1 Å². The fraction of sp³-hybridized carbons (Fsp3) is 0.222. The van der Waals surface area contributed by atoms with Gasteiger partial charge in [-0.2, -0.15) is 0 Å². The molecule has 1 aliphatic rings. The van der Waals surface area contributed by atoms with Crippen molar-refractivity contribution in [2.24, 2.45) is 5.73 Å². The van der Waals surface area contributed by atoms with E-state index in [1.807, 2.05) is 35.2 Å². The molecule has 1 saturated heterocycles. The number of nitrogens with zero attached hydrogens (tertiary/aromatic N) is 5. The summed E-state index contributed by atoms with van der Waals surface area (Å²) < 4.78 is 1.55. The van der Waals surface area contributed by atoms with E-state index >= 15 is 0 Å². The molecular formula is C18H18N6O. The summed E-state index contributed by atoms with van der Waals surface area (Å²) in [6, 6.07) is 17.3. The second kappa shape index (κ2) is 6.45. The minimum absolute atomic E-state index is 0.00264. The van der Waals surface area contributed by atoms with E-state index in [4.69, 9.17) is 5.73 Å². The number of carbonyl (C=O) groups is 1. The van der Waals surface area contributed by atoms with Crippen LogP contribution in [0.2, 0.25) is 0 Å². The third-order valence-corrected chi connectivity index (χ3v) is 4.61. The molecule has 7 nitrogen and oxygen atoms in total. The molecule has 2 aromatic carbocycles. The Hall–Kier alpha value is -3.06. The van der Waals surface area contributed by atoms with Crippen LogP contribution in [0.1, 0.15) is 21.8 Å². The molecule has 1 aliphatic heterocycles. The van der Waals surface area contributed by atoms with Crippen LogP contribution < -0.4 is 5.73 Å². The summed E-state index contributed by atoms with van der Waals surface area (Å²) in [5.41, 5.74) is 8.91. The number of likely N-dealkylation sites (tertiary alicyclic amines) is 1. The number of amides is 1. The van der Waals surface area contributed by atoms with Gasteiger partial charge in [-0.25, -0.2) is 4.68 Å². The molecule has 0 unspecified atom stereocenters. The molecule has 3 aromatic rings. The van der Waals surface area contributed by atoms with Gasteiger partial charge < -0.3 is 10.6 Å². The fourth-order valence-electron chi connectivity index (χ4n) is 3.27. The van der Waals surface area contributed by atoms with Crippen molar-refractivity contribution in [1.29, 1.82) is 0 Å². The third kappa shape index (κ3) is 3.01. The number of aromatic nitrogens is 4. The molecule has 1 amide bonds. The van der Waals surface area contributed by atoms with E-state index < -0.39 is 0 Å². The smallest absolute Gasteiger partial charge is 0.253 e. The van der Waals surface area contributed by atoms with Gasteiger partial charge >= 0.3 is 0 Å². The van der Waals surface area contributed by atoms with Gasteiger partial charge in [-0.3, -0.25) is 4.79 Å². The average molecular weight is 334 g/mol. The van der Waals surface area contributed by atoms with Crippen molar-refractivity contribution < 1.29 is 4.79 Å². The van der Waals surface area contributed by atoms with Gasteiger partial charge in [-0.05, 0) is 40.3 Å². The molecule has 0 radical (unpaired) electrons.